The predicted molar refractivity (Wildman–Crippen MR) is 60.6 cm³/mol. The van der Waals surface area contributed by atoms with E-state index in [4.69, 9.17) is 9.99 Å². The van der Waals surface area contributed by atoms with Gasteiger partial charge in [0, 0.05) is 11.4 Å². The van der Waals surface area contributed by atoms with Gasteiger partial charge in [0.1, 0.15) is 0 Å². The molecule has 0 amide bonds. The van der Waals surface area contributed by atoms with E-state index in [1.165, 1.54) is 12.3 Å². The summed E-state index contributed by atoms with van der Waals surface area (Å²) in [5, 5.41) is 21.3. The molecule has 0 saturated heterocycles. The van der Waals surface area contributed by atoms with Crippen LogP contribution < -0.4 is 4.74 Å². The molecular weight excluding hydrogens is 318 g/mol. The summed E-state index contributed by atoms with van der Waals surface area (Å²) in [6.07, 6.45) is 1.44. The summed E-state index contributed by atoms with van der Waals surface area (Å²) in [5.74, 6) is -0.600. The standard InChI is InChI=1S/C8H8BrNO6S/c9-2-1-7(12)14-5-3-6(11)8(10-4-5)17-16-15-13/h3-4,11,13H,1-2H2. The molecule has 2 N–H and O–H groups in total. The maximum absolute atomic E-state index is 11.1. The third-order valence-electron chi connectivity index (χ3n) is 1.48. The monoisotopic (exact) mass is 325 g/mol. The molecule has 0 radical (unpaired) electrons. The van der Waals surface area contributed by atoms with Crippen LogP contribution in [-0.4, -0.2) is 26.6 Å². The van der Waals surface area contributed by atoms with E-state index in [0.29, 0.717) is 17.4 Å². The number of rotatable bonds is 6. The molecule has 0 unspecified atom stereocenters. The summed E-state index contributed by atoms with van der Waals surface area (Å²) in [5.41, 5.74) is 0. The number of esters is 1. The van der Waals surface area contributed by atoms with Gasteiger partial charge < -0.3 is 9.84 Å². The van der Waals surface area contributed by atoms with E-state index in [-0.39, 0.29) is 22.9 Å². The van der Waals surface area contributed by atoms with Gasteiger partial charge in [-0.1, -0.05) is 21.0 Å². The molecule has 17 heavy (non-hydrogen) atoms. The number of pyridine rings is 1. The molecule has 94 valence electrons. The molecule has 0 fully saturated rings. The molecule has 1 rings (SSSR count). The first kappa shape index (κ1) is 14.2. The van der Waals surface area contributed by atoms with Crippen LogP contribution >= 0.6 is 28.0 Å². The predicted octanol–water partition coefficient (Wildman–Crippen LogP) is 1.91. The van der Waals surface area contributed by atoms with Gasteiger partial charge in [-0.15, -0.1) is 4.33 Å². The van der Waals surface area contributed by atoms with E-state index in [1.807, 2.05) is 0 Å². The number of carbonyl (C=O) groups is 1. The number of alkyl halides is 1. The van der Waals surface area contributed by atoms with E-state index in [1.54, 1.807) is 0 Å². The van der Waals surface area contributed by atoms with Crippen LogP contribution in [0.4, 0.5) is 0 Å². The quantitative estimate of drug-likeness (QED) is 0.269. The zero-order valence-electron chi connectivity index (χ0n) is 8.33. The Balaban J connectivity index is 2.64. The van der Waals surface area contributed by atoms with Gasteiger partial charge in [-0.3, -0.25) is 4.79 Å². The maximum Gasteiger partial charge on any atom is 0.312 e. The summed E-state index contributed by atoms with van der Waals surface area (Å²) in [4.78, 5) is 14.9. The third kappa shape index (κ3) is 4.88. The molecule has 1 heterocycles. The van der Waals surface area contributed by atoms with Crippen LogP contribution in [0.1, 0.15) is 6.42 Å². The number of hydrogen-bond acceptors (Lipinski definition) is 8. The molecule has 1 aromatic heterocycles. The van der Waals surface area contributed by atoms with E-state index >= 15 is 0 Å². The molecule has 7 nitrogen and oxygen atoms in total. The molecule has 0 aliphatic carbocycles. The lowest BCUT2D eigenvalue weighted by Crippen LogP contribution is -2.08. The van der Waals surface area contributed by atoms with Crippen LogP contribution in [0.25, 0.3) is 0 Å². The number of ether oxygens (including phenoxy) is 1. The van der Waals surface area contributed by atoms with Crippen molar-refractivity contribution < 1.29 is 29.3 Å². The van der Waals surface area contributed by atoms with Crippen molar-refractivity contribution >= 4 is 33.9 Å². The molecule has 0 aromatic carbocycles. The Bertz CT molecular complexity index is 390. The van der Waals surface area contributed by atoms with Gasteiger partial charge in [0.05, 0.1) is 24.7 Å². The molecular formula is C8H8BrNO6S. The molecule has 0 bridgehead atoms. The van der Waals surface area contributed by atoms with Gasteiger partial charge in [-0.25, -0.2) is 10.2 Å². The van der Waals surface area contributed by atoms with E-state index in [9.17, 15) is 9.90 Å². The van der Waals surface area contributed by atoms with Crippen molar-refractivity contribution in [3.05, 3.63) is 12.3 Å². The van der Waals surface area contributed by atoms with Gasteiger partial charge in [-0.05, 0) is 0 Å². The Morgan fingerprint density at radius 2 is 2.35 bits per heavy atom. The van der Waals surface area contributed by atoms with Crippen molar-refractivity contribution in [3.8, 4) is 11.5 Å². The van der Waals surface area contributed by atoms with Crippen molar-refractivity contribution in [3.63, 3.8) is 0 Å². The summed E-state index contributed by atoms with van der Waals surface area (Å²) < 4.78 is 8.97. The lowest BCUT2D eigenvalue weighted by molar-refractivity contribution is -0.432. The van der Waals surface area contributed by atoms with Crippen LogP contribution in [0.15, 0.2) is 17.3 Å². The highest BCUT2D eigenvalue weighted by Gasteiger charge is 2.10. The number of aromatic hydroxyl groups is 1. The minimum Gasteiger partial charge on any atom is -0.505 e. The lowest BCUT2D eigenvalue weighted by Gasteiger charge is -2.05. The first-order valence-electron chi connectivity index (χ1n) is 4.27. The van der Waals surface area contributed by atoms with E-state index in [2.05, 4.69) is 30.3 Å². The van der Waals surface area contributed by atoms with Gasteiger partial charge in [-0.2, -0.15) is 0 Å². The smallest absolute Gasteiger partial charge is 0.312 e. The number of carbonyl (C=O) groups excluding carboxylic acids is 1. The Morgan fingerprint density at radius 1 is 1.59 bits per heavy atom. The Morgan fingerprint density at radius 3 is 2.94 bits per heavy atom. The molecule has 0 saturated carbocycles. The highest BCUT2D eigenvalue weighted by molar-refractivity contribution is 9.09. The van der Waals surface area contributed by atoms with Gasteiger partial charge in [0.15, 0.2) is 16.5 Å². The molecule has 9 heteroatoms. The summed E-state index contributed by atoms with van der Waals surface area (Å²) >= 11 is 3.60. The fourth-order valence-corrected chi connectivity index (χ4v) is 1.51. The minimum absolute atomic E-state index is 0.0549. The number of nitrogens with zero attached hydrogens (tertiary/aromatic N) is 1. The van der Waals surface area contributed by atoms with Crippen LogP contribution in [0.5, 0.6) is 11.5 Å². The second-order valence-corrected chi connectivity index (χ2v) is 4.12. The van der Waals surface area contributed by atoms with Gasteiger partial charge >= 0.3 is 5.97 Å². The number of halogens is 1. The lowest BCUT2D eigenvalue weighted by atomic mass is 10.4. The fourth-order valence-electron chi connectivity index (χ4n) is 0.849. The van der Waals surface area contributed by atoms with Gasteiger partial charge in [0.2, 0.25) is 0 Å². The molecule has 1 aromatic rings. The van der Waals surface area contributed by atoms with Crippen molar-refractivity contribution in [1.29, 1.82) is 0 Å². The van der Waals surface area contributed by atoms with Crippen molar-refractivity contribution in [1.82, 2.24) is 4.98 Å². The van der Waals surface area contributed by atoms with Gasteiger partial charge in [0.25, 0.3) is 0 Å². The SMILES string of the molecule is O=C(CCBr)Oc1cnc(SOOO)c(O)c1. The first-order valence-corrected chi connectivity index (χ1v) is 6.14. The largest absolute Gasteiger partial charge is 0.505 e. The Kier molecular flexibility index (Phi) is 6.22. The van der Waals surface area contributed by atoms with E-state index < -0.39 is 5.97 Å². The topological polar surface area (TPSA) is 98.1 Å². The zero-order valence-corrected chi connectivity index (χ0v) is 10.7. The minimum atomic E-state index is -0.446. The zero-order chi connectivity index (χ0) is 12.7. The summed E-state index contributed by atoms with van der Waals surface area (Å²) in [7, 11) is 0. The maximum atomic E-state index is 11.1. The molecule has 0 atom stereocenters. The highest BCUT2D eigenvalue weighted by Crippen LogP contribution is 2.29. The Labute approximate surface area is 109 Å². The van der Waals surface area contributed by atoms with Crippen LogP contribution in [0.2, 0.25) is 0 Å². The first-order chi connectivity index (χ1) is 8.17. The Hall–Kier alpha value is -0.870. The second-order valence-electron chi connectivity index (χ2n) is 2.63. The second kappa shape index (κ2) is 7.45. The normalized spacial score (nSPS) is 10.2. The van der Waals surface area contributed by atoms with E-state index in [0.717, 1.165) is 0 Å². The highest BCUT2D eigenvalue weighted by atomic mass is 79.9. The van der Waals surface area contributed by atoms with Crippen LogP contribution in [0.3, 0.4) is 0 Å². The van der Waals surface area contributed by atoms with Crippen LogP contribution in [-0.2, 0) is 14.2 Å². The summed E-state index contributed by atoms with van der Waals surface area (Å²) in [6, 6.07) is 1.20. The van der Waals surface area contributed by atoms with Crippen molar-refractivity contribution in [2.24, 2.45) is 0 Å². The van der Waals surface area contributed by atoms with Crippen LogP contribution in [0, 0.1) is 0 Å². The molecule has 0 aliphatic heterocycles. The number of hydrogen-bond donors (Lipinski definition) is 2. The number of aromatic nitrogens is 1. The third-order valence-corrected chi connectivity index (χ3v) is 2.48. The average Bonchev–Trinajstić information content (AvgIpc) is 2.28. The van der Waals surface area contributed by atoms with Crippen molar-refractivity contribution in [2.45, 2.75) is 11.4 Å². The van der Waals surface area contributed by atoms with Crippen molar-refractivity contribution in [2.75, 3.05) is 5.33 Å². The average molecular weight is 326 g/mol. The summed E-state index contributed by atoms with van der Waals surface area (Å²) in [6.45, 7) is 0. The molecule has 0 spiro atoms. The molecule has 0 aliphatic rings. The fraction of sp³-hybridized carbons (Fsp3) is 0.250.